The lowest BCUT2D eigenvalue weighted by Crippen LogP contribution is -2.50. The van der Waals surface area contributed by atoms with Crippen LogP contribution in [0.3, 0.4) is 0 Å². The number of carbonyl (C=O) groups excluding carboxylic acids is 1. The van der Waals surface area contributed by atoms with Gasteiger partial charge in [-0.05, 0) is 45.9 Å². The molecule has 1 unspecified atom stereocenters. The zero-order valence-electron chi connectivity index (χ0n) is 10.2. The zero-order valence-corrected chi connectivity index (χ0v) is 12.6. The second-order valence-electron chi connectivity index (χ2n) is 4.37. The van der Waals surface area contributed by atoms with Crippen LogP contribution in [0.4, 0.5) is 0 Å². The van der Waals surface area contributed by atoms with E-state index in [1.54, 1.807) is 11.3 Å². The molecule has 0 aliphatic heterocycles. The molecule has 0 radical (unpaired) electrons. The summed E-state index contributed by atoms with van der Waals surface area (Å²) in [7, 11) is 1.94. The third-order valence-electron chi connectivity index (χ3n) is 2.57. The van der Waals surface area contributed by atoms with E-state index < -0.39 is 0 Å². The van der Waals surface area contributed by atoms with Crippen LogP contribution < -0.4 is 11.3 Å². The van der Waals surface area contributed by atoms with Crippen LogP contribution in [0.1, 0.15) is 19.4 Å². The van der Waals surface area contributed by atoms with Gasteiger partial charge in [0.2, 0.25) is 0 Å². The third kappa shape index (κ3) is 4.06. The minimum atomic E-state index is -0.210. The van der Waals surface area contributed by atoms with Crippen molar-refractivity contribution >= 4 is 33.2 Å². The summed E-state index contributed by atoms with van der Waals surface area (Å²) in [6.45, 7) is 4.76. The number of thiophene rings is 1. The van der Waals surface area contributed by atoms with Gasteiger partial charge in [-0.15, -0.1) is 11.3 Å². The summed E-state index contributed by atoms with van der Waals surface area (Å²) < 4.78 is 1.10. The van der Waals surface area contributed by atoms with Gasteiger partial charge in [-0.1, -0.05) is 13.8 Å². The second-order valence-corrected chi connectivity index (χ2v) is 6.66. The normalized spacial score (nSPS) is 13.1. The number of hydrogen-bond acceptors (Lipinski definition) is 4. The first-order valence-electron chi connectivity index (χ1n) is 5.39. The molecule has 1 amide bonds. The number of nitrogens with one attached hydrogen (secondary N) is 1. The smallest absolute Gasteiger partial charge is 0.251 e. The fourth-order valence-corrected chi connectivity index (χ4v) is 3.11. The van der Waals surface area contributed by atoms with Crippen molar-refractivity contribution in [2.24, 2.45) is 11.8 Å². The molecule has 1 aromatic heterocycles. The number of likely N-dealkylation sites (N-methyl/N-ethyl adjacent to an activating group) is 1. The van der Waals surface area contributed by atoms with Crippen LogP contribution in [0.15, 0.2) is 15.2 Å². The topological polar surface area (TPSA) is 58.4 Å². The van der Waals surface area contributed by atoms with Crippen molar-refractivity contribution in [1.29, 1.82) is 0 Å². The number of carbonyl (C=O) groups is 1. The van der Waals surface area contributed by atoms with Gasteiger partial charge in [0, 0.05) is 6.54 Å². The molecule has 1 heterocycles. The summed E-state index contributed by atoms with van der Waals surface area (Å²) in [6, 6.07) is 1.86. The van der Waals surface area contributed by atoms with Gasteiger partial charge in [-0.25, -0.2) is 5.84 Å². The Kier molecular flexibility index (Phi) is 5.58. The van der Waals surface area contributed by atoms with Crippen LogP contribution >= 0.6 is 27.3 Å². The molecule has 4 nitrogen and oxygen atoms in total. The van der Waals surface area contributed by atoms with E-state index in [-0.39, 0.29) is 17.9 Å². The molecular weight excluding hydrogens is 302 g/mol. The summed E-state index contributed by atoms with van der Waals surface area (Å²) in [6.07, 6.45) is 0. The number of hydrazine groups is 1. The van der Waals surface area contributed by atoms with Crippen molar-refractivity contribution in [2.75, 3.05) is 7.05 Å². The average molecular weight is 320 g/mol. The van der Waals surface area contributed by atoms with E-state index >= 15 is 0 Å². The van der Waals surface area contributed by atoms with Gasteiger partial charge < -0.3 is 0 Å². The molecule has 0 aromatic carbocycles. The lowest BCUT2D eigenvalue weighted by Gasteiger charge is -2.29. The van der Waals surface area contributed by atoms with Crippen molar-refractivity contribution < 1.29 is 4.79 Å². The maximum atomic E-state index is 11.7. The predicted octanol–water partition coefficient (Wildman–Crippen LogP) is 1.96. The number of rotatable bonds is 5. The Balaban J connectivity index is 2.71. The Morgan fingerprint density at radius 1 is 1.65 bits per heavy atom. The first kappa shape index (κ1) is 14.6. The number of nitrogens with zero attached hydrogens (tertiary/aromatic N) is 1. The van der Waals surface area contributed by atoms with E-state index in [1.165, 1.54) is 5.56 Å². The molecule has 1 atom stereocenters. The number of hydrogen-bond donors (Lipinski definition) is 2. The third-order valence-corrected chi connectivity index (χ3v) is 4.12. The van der Waals surface area contributed by atoms with Crippen LogP contribution in [-0.2, 0) is 11.3 Å². The SMILES string of the molecule is CC(C)C(C(=O)NN)N(C)Cc1csc(Br)c1. The molecule has 6 heteroatoms. The fraction of sp³-hybridized carbons (Fsp3) is 0.545. The van der Waals surface area contributed by atoms with E-state index in [0.29, 0.717) is 0 Å². The summed E-state index contributed by atoms with van der Waals surface area (Å²) >= 11 is 5.08. The minimum absolute atomic E-state index is 0.142. The van der Waals surface area contributed by atoms with Gasteiger partial charge in [0.25, 0.3) is 5.91 Å². The average Bonchev–Trinajstić information content (AvgIpc) is 2.63. The maximum absolute atomic E-state index is 11.7. The quantitative estimate of drug-likeness (QED) is 0.495. The van der Waals surface area contributed by atoms with E-state index in [9.17, 15) is 4.79 Å². The maximum Gasteiger partial charge on any atom is 0.251 e. The van der Waals surface area contributed by atoms with Crippen molar-refractivity contribution in [2.45, 2.75) is 26.4 Å². The molecule has 0 aliphatic rings. The summed E-state index contributed by atoms with van der Waals surface area (Å²) in [4.78, 5) is 13.7. The van der Waals surface area contributed by atoms with Gasteiger partial charge in [0.05, 0.1) is 9.83 Å². The Hall–Kier alpha value is -0.430. The standard InChI is InChI=1S/C11H18BrN3OS/c1-7(2)10(11(16)14-13)15(3)5-8-4-9(12)17-6-8/h4,6-7,10H,5,13H2,1-3H3,(H,14,16). The highest BCUT2D eigenvalue weighted by Crippen LogP contribution is 2.22. The summed E-state index contributed by atoms with van der Waals surface area (Å²) in [5.74, 6) is 5.29. The molecule has 17 heavy (non-hydrogen) atoms. The van der Waals surface area contributed by atoms with Crippen molar-refractivity contribution in [3.05, 3.63) is 20.8 Å². The van der Waals surface area contributed by atoms with Crippen LogP contribution in [0.25, 0.3) is 0 Å². The first-order chi connectivity index (χ1) is 7.95. The van der Waals surface area contributed by atoms with E-state index in [2.05, 4.69) is 32.8 Å². The van der Waals surface area contributed by atoms with E-state index in [0.717, 1.165) is 10.3 Å². The number of nitrogens with two attached hydrogens (primary N) is 1. The van der Waals surface area contributed by atoms with Gasteiger partial charge in [0.1, 0.15) is 0 Å². The lowest BCUT2D eigenvalue weighted by molar-refractivity contribution is -0.127. The highest BCUT2D eigenvalue weighted by Gasteiger charge is 2.25. The summed E-state index contributed by atoms with van der Waals surface area (Å²) in [5.41, 5.74) is 3.43. The molecule has 1 rings (SSSR count). The van der Waals surface area contributed by atoms with Crippen molar-refractivity contribution in [1.82, 2.24) is 10.3 Å². The zero-order chi connectivity index (χ0) is 13.0. The molecule has 0 fully saturated rings. The molecule has 96 valence electrons. The molecule has 0 saturated heterocycles. The lowest BCUT2D eigenvalue weighted by atomic mass is 10.0. The number of amides is 1. The Morgan fingerprint density at radius 2 is 2.29 bits per heavy atom. The molecule has 0 aliphatic carbocycles. The molecule has 1 aromatic rings. The van der Waals surface area contributed by atoms with E-state index in [1.807, 2.05) is 25.8 Å². The van der Waals surface area contributed by atoms with Gasteiger partial charge in [-0.3, -0.25) is 15.1 Å². The molecule has 3 N–H and O–H groups in total. The Bertz CT molecular complexity index is 381. The Labute approximate surface area is 114 Å². The van der Waals surface area contributed by atoms with Crippen molar-refractivity contribution in [3.8, 4) is 0 Å². The number of halogens is 1. The molecule has 0 spiro atoms. The monoisotopic (exact) mass is 319 g/mol. The van der Waals surface area contributed by atoms with Crippen LogP contribution in [0.2, 0.25) is 0 Å². The van der Waals surface area contributed by atoms with Crippen LogP contribution in [0.5, 0.6) is 0 Å². The largest absolute Gasteiger partial charge is 0.293 e. The van der Waals surface area contributed by atoms with Gasteiger partial charge in [0.15, 0.2) is 0 Å². The molecular formula is C11H18BrN3OS. The first-order valence-corrected chi connectivity index (χ1v) is 7.06. The summed E-state index contributed by atoms with van der Waals surface area (Å²) in [5, 5.41) is 2.08. The van der Waals surface area contributed by atoms with Crippen molar-refractivity contribution in [3.63, 3.8) is 0 Å². The second kappa shape index (κ2) is 6.49. The fourth-order valence-electron chi connectivity index (χ4n) is 1.91. The highest BCUT2D eigenvalue weighted by atomic mass is 79.9. The van der Waals surface area contributed by atoms with Crippen LogP contribution in [0, 0.1) is 5.92 Å². The molecule has 0 saturated carbocycles. The predicted molar refractivity (Wildman–Crippen MR) is 74.4 cm³/mol. The Morgan fingerprint density at radius 3 is 2.71 bits per heavy atom. The molecule has 0 bridgehead atoms. The highest BCUT2D eigenvalue weighted by molar-refractivity contribution is 9.11. The minimum Gasteiger partial charge on any atom is -0.293 e. The van der Waals surface area contributed by atoms with E-state index in [4.69, 9.17) is 5.84 Å². The van der Waals surface area contributed by atoms with Gasteiger partial charge >= 0.3 is 0 Å². The van der Waals surface area contributed by atoms with Crippen LogP contribution in [-0.4, -0.2) is 23.9 Å². The van der Waals surface area contributed by atoms with Gasteiger partial charge in [-0.2, -0.15) is 0 Å².